The minimum Gasteiger partial charge on any atom is -0.427 e. The first-order valence-corrected chi connectivity index (χ1v) is 24.6. The van der Waals surface area contributed by atoms with E-state index in [-0.39, 0.29) is 5.97 Å². The summed E-state index contributed by atoms with van der Waals surface area (Å²) in [6, 6.07) is 9.41. The van der Waals surface area contributed by atoms with Gasteiger partial charge in [0.05, 0.1) is 0 Å². The summed E-state index contributed by atoms with van der Waals surface area (Å²) in [5.41, 5.74) is 0. The second-order valence-corrected chi connectivity index (χ2v) is 17.0. The maximum atomic E-state index is 11.9. The zero-order valence-electron chi connectivity index (χ0n) is 36.1. The number of carbonyl (C=O) groups excluding carboxylic acids is 1. The SMILES string of the molecule is CCCCCCCCCCCCCCCCCCCCCCCCCCCCCCCCCCCCCCCCCCCCC(=O)Oc1ccccc1. The van der Waals surface area contributed by atoms with E-state index in [1.807, 2.05) is 30.3 Å². The molecule has 0 amide bonds. The van der Waals surface area contributed by atoms with E-state index in [1.54, 1.807) is 0 Å². The monoisotopic (exact) mass is 739 g/mol. The molecule has 0 aliphatic carbocycles. The first-order chi connectivity index (χ1) is 26.3. The molecule has 1 rings (SSSR count). The molecule has 0 fully saturated rings. The van der Waals surface area contributed by atoms with Gasteiger partial charge >= 0.3 is 5.97 Å². The first-order valence-electron chi connectivity index (χ1n) is 24.6. The zero-order valence-corrected chi connectivity index (χ0v) is 36.1. The summed E-state index contributed by atoms with van der Waals surface area (Å²) >= 11 is 0. The van der Waals surface area contributed by atoms with Crippen molar-refractivity contribution in [3.05, 3.63) is 30.3 Å². The predicted molar refractivity (Wildman–Crippen MR) is 236 cm³/mol. The number of unbranched alkanes of at least 4 members (excludes halogenated alkanes) is 41. The number of hydrogen-bond acceptors (Lipinski definition) is 2. The van der Waals surface area contributed by atoms with Crippen LogP contribution in [0, 0.1) is 0 Å². The lowest BCUT2D eigenvalue weighted by Crippen LogP contribution is -2.07. The van der Waals surface area contributed by atoms with Crippen molar-refractivity contribution in [2.24, 2.45) is 0 Å². The molecule has 0 aromatic heterocycles. The van der Waals surface area contributed by atoms with Crippen LogP contribution in [0.4, 0.5) is 0 Å². The second-order valence-electron chi connectivity index (χ2n) is 17.0. The Hall–Kier alpha value is -1.31. The standard InChI is InChI=1S/C51H94O2/c1-2-3-4-5-6-7-8-9-10-11-12-13-14-15-16-17-18-19-20-21-22-23-24-25-26-27-28-29-30-31-32-33-34-35-36-37-38-39-40-41-42-46-49-51(52)53-50-47-44-43-45-48-50/h43-45,47-48H,2-42,46,49H2,1H3. The third kappa shape index (κ3) is 40.2. The molecule has 2 heteroatoms. The highest BCUT2D eigenvalue weighted by Gasteiger charge is 2.04. The molecule has 2 nitrogen and oxygen atoms in total. The Balaban J connectivity index is 1.62. The third-order valence-electron chi connectivity index (χ3n) is 11.7. The van der Waals surface area contributed by atoms with E-state index in [2.05, 4.69) is 6.92 Å². The molecular weight excluding hydrogens is 645 g/mol. The molecule has 0 atom stereocenters. The molecule has 0 radical (unpaired) electrons. The van der Waals surface area contributed by atoms with E-state index in [1.165, 1.54) is 257 Å². The first kappa shape index (κ1) is 49.7. The highest BCUT2D eigenvalue weighted by atomic mass is 16.5. The van der Waals surface area contributed by atoms with Crippen molar-refractivity contribution in [3.63, 3.8) is 0 Å². The minimum absolute atomic E-state index is 0.0990. The van der Waals surface area contributed by atoms with Gasteiger partial charge in [0.15, 0.2) is 0 Å². The molecule has 0 saturated heterocycles. The zero-order chi connectivity index (χ0) is 37.8. The number of para-hydroxylation sites is 1. The minimum atomic E-state index is -0.0990. The van der Waals surface area contributed by atoms with Crippen LogP contribution in [0.15, 0.2) is 30.3 Å². The van der Waals surface area contributed by atoms with Crippen LogP contribution in [-0.4, -0.2) is 5.97 Å². The topological polar surface area (TPSA) is 26.3 Å². The normalized spacial score (nSPS) is 11.4. The van der Waals surface area contributed by atoms with Crippen molar-refractivity contribution < 1.29 is 9.53 Å². The van der Waals surface area contributed by atoms with E-state index in [0.29, 0.717) is 12.2 Å². The molecule has 0 aliphatic heterocycles. The molecule has 0 aliphatic rings. The molecule has 0 bridgehead atoms. The van der Waals surface area contributed by atoms with Crippen molar-refractivity contribution in [2.45, 2.75) is 283 Å². The molecule has 0 N–H and O–H groups in total. The van der Waals surface area contributed by atoms with E-state index in [9.17, 15) is 4.79 Å². The third-order valence-corrected chi connectivity index (χ3v) is 11.7. The van der Waals surface area contributed by atoms with Gasteiger partial charge in [-0.05, 0) is 18.6 Å². The van der Waals surface area contributed by atoms with Gasteiger partial charge in [-0.25, -0.2) is 0 Å². The molecule has 1 aromatic carbocycles. The number of hydrogen-bond donors (Lipinski definition) is 0. The van der Waals surface area contributed by atoms with Crippen LogP contribution < -0.4 is 4.74 Å². The summed E-state index contributed by atoms with van der Waals surface area (Å²) in [5, 5.41) is 0. The fourth-order valence-corrected chi connectivity index (χ4v) is 8.08. The Labute approximate surface area is 333 Å². The van der Waals surface area contributed by atoms with Gasteiger partial charge in [0.25, 0.3) is 0 Å². The van der Waals surface area contributed by atoms with Crippen molar-refractivity contribution in [3.8, 4) is 5.75 Å². The summed E-state index contributed by atoms with van der Waals surface area (Å²) in [5.74, 6) is 0.558. The van der Waals surface area contributed by atoms with Crippen LogP contribution in [0.3, 0.4) is 0 Å². The Morgan fingerprint density at radius 3 is 0.755 bits per heavy atom. The van der Waals surface area contributed by atoms with Gasteiger partial charge in [-0.3, -0.25) is 4.79 Å². The van der Waals surface area contributed by atoms with E-state index >= 15 is 0 Å². The van der Waals surface area contributed by atoms with Crippen LogP contribution in [0.2, 0.25) is 0 Å². The van der Waals surface area contributed by atoms with E-state index in [0.717, 1.165) is 12.8 Å². The average Bonchev–Trinajstić information content (AvgIpc) is 3.17. The summed E-state index contributed by atoms with van der Waals surface area (Å²) in [6.07, 6.45) is 60.8. The number of esters is 1. The molecule has 0 saturated carbocycles. The lowest BCUT2D eigenvalue weighted by Gasteiger charge is -2.05. The summed E-state index contributed by atoms with van der Waals surface area (Å²) in [6.45, 7) is 2.31. The predicted octanol–water partition coefficient (Wildman–Crippen LogP) is 18.4. The van der Waals surface area contributed by atoms with Crippen LogP contribution in [0.5, 0.6) is 5.75 Å². The van der Waals surface area contributed by atoms with Gasteiger partial charge in [0.1, 0.15) is 5.75 Å². The smallest absolute Gasteiger partial charge is 0.311 e. The second kappa shape index (κ2) is 43.4. The Morgan fingerprint density at radius 2 is 0.528 bits per heavy atom. The van der Waals surface area contributed by atoms with Crippen LogP contribution >= 0.6 is 0 Å². The maximum absolute atomic E-state index is 11.9. The van der Waals surface area contributed by atoms with E-state index in [4.69, 9.17) is 4.74 Å². The molecule has 53 heavy (non-hydrogen) atoms. The van der Waals surface area contributed by atoms with Crippen molar-refractivity contribution in [1.82, 2.24) is 0 Å². The van der Waals surface area contributed by atoms with Crippen molar-refractivity contribution in [1.29, 1.82) is 0 Å². The van der Waals surface area contributed by atoms with Crippen LogP contribution in [0.1, 0.15) is 283 Å². The number of ether oxygens (including phenoxy) is 1. The van der Waals surface area contributed by atoms with Crippen molar-refractivity contribution in [2.75, 3.05) is 0 Å². The van der Waals surface area contributed by atoms with Crippen LogP contribution in [-0.2, 0) is 4.79 Å². The van der Waals surface area contributed by atoms with Gasteiger partial charge in [-0.1, -0.05) is 288 Å². The lowest BCUT2D eigenvalue weighted by atomic mass is 10.0. The van der Waals surface area contributed by atoms with Gasteiger partial charge < -0.3 is 4.74 Å². The van der Waals surface area contributed by atoms with E-state index < -0.39 is 0 Å². The quantitative estimate of drug-likeness (QED) is 0.0378. The van der Waals surface area contributed by atoms with Crippen LogP contribution in [0.25, 0.3) is 0 Å². The molecule has 0 unspecified atom stereocenters. The van der Waals surface area contributed by atoms with Crippen molar-refractivity contribution >= 4 is 5.97 Å². The molecule has 0 spiro atoms. The molecule has 1 aromatic rings. The highest BCUT2D eigenvalue weighted by molar-refractivity contribution is 5.72. The summed E-state index contributed by atoms with van der Waals surface area (Å²) in [7, 11) is 0. The Kier molecular flexibility index (Phi) is 40.7. The number of rotatable bonds is 44. The average molecular weight is 739 g/mol. The highest BCUT2D eigenvalue weighted by Crippen LogP contribution is 2.18. The lowest BCUT2D eigenvalue weighted by molar-refractivity contribution is -0.134. The van der Waals surface area contributed by atoms with Gasteiger partial charge in [-0.2, -0.15) is 0 Å². The summed E-state index contributed by atoms with van der Waals surface area (Å²) in [4.78, 5) is 11.9. The number of carbonyl (C=O) groups is 1. The van der Waals surface area contributed by atoms with Gasteiger partial charge in [0.2, 0.25) is 0 Å². The molecular formula is C51H94O2. The fraction of sp³-hybridized carbons (Fsp3) is 0.863. The molecule has 0 heterocycles. The molecule has 310 valence electrons. The largest absolute Gasteiger partial charge is 0.427 e. The number of benzene rings is 1. The fourth-order valence-electron chi connectivity index (χ4n) is 8.08. The van der Waals surface area contributed by atoms with Gasteiger partial charge in [0, 0.05) is 6.42 Å². The van der Waals surface area contributed by atoms with Gasteiger partial charge in [-0.15, -0.1) is 0 Å². The maximum Gasteiger partial charge on any atom is 0.311 e. The summed E-state index contributed by atoms with van der Waals surface area (Å²) < 4.78 is 5.36. The Bertz CT molecular complexity index is 819. The Morgan fingerprint density at radius 1 is 0.321 bits per heavy atom.